The van der Waals surface area contributed by atoms with Crippen LogP contribution in [0.3, 0.4) is 0 Å². The Morgan fingerprint density at radius 3 is 2.05 bits per heavy atom. The van der Waals surface area contributed by atoms with E-state index in [1.54, 1.807) is 18.7 Å². The molecule has 116 valence electrons. The second kappa shape index (κ2) is 9.34. The van der Waals surface area contributed by atoms with E-state index in [2.05, 4.69) is 5.32 Å². The van der Waals surface area contributed by atoms with E-state index in [4.69, 9.17) is 5.11 Å². The summed E-state index contributed by atoms with van der Waals surface area (Å²) in [5, 5.41) is 11.5. The fraction of sp³-hybridized carbons (Fsp3) is 0.786. The van der Waals surface area contributed by atoms with E-state index in [0.29, 0.717) is 25.9 Å². The van der Waals surface area contributed by atoms with Gasteiger partial charge in [0, 0.05) is 25.9 Å². The predicted octanol–water partition coefficient (Wildman–Crippen LogP) is 1.25. The number of hydrogen-bond donors (Lipinski definition) is 2. The summed E-state index contributed by atoms with van der Waals surface area (Å²) >= 11 is 0. The van der Waals surface area contributed by atoms with Gasteiger partial charge < -0.3 is 15.3 Å². The molecule has 0 aliphatic heterocycles. The maximum atomic E-state index is 11.7. The van der Waals surface area contributed by atoms with Crippen LogP contribution in [0, 0.1) is 5.92 Å². The van der Waals surface area contributed by atoms with Crippen LogP contribution in [0.2, 0.25) is 0 Å². The number of carbonyl (C=O) groups excluding carboxylic acids is 2. The number of rotatable bonds is 9. The molecule has 0 aromatic heterocycles. The van der Waals surface area contributed by atoms with Crippen LogP contribution < -0.4 is 5.32 Å². The summed E-state index contributed by atoms with van der Waals surface area (Å²) in [6.07, 6.45) is 0.920. The van der Waals surface area contributed by atoms with Gasteiger partial charge in [0.15, 0.2) is 0 Å². The van der Waals surface area contributed by atoms with Gasteiger partial charge in [-0.05, 0) is 26.2 Å². The molecule has 1 unspecified atom stereocenters. The van der Waals surface area contributed by atoms with Crippen LogP contribution in [-0.2, 0) is 14.4 Å². The average molecular weight is 286 g/mol. The van der Waals surface area contributed by atoms with Gasteiger partial charge in [-0.3, -0.25) is 9.59 Å². The van der Waals surface area contributed by atoms with Crippen LogP contribution >= 0.6 is 0 Å². The Kier molecular flexibility index (Phi) is 8.59. The van der Waals surface area contributed by atoms with Crippen molar-refractivity contribution in [3.05, 3.63) is 0 Å². The van der Waals surface area contributed by atoms with Crippen LogP contribution in [0.5, 0.6) is 0 Å². The zero-order chi connectivity index (χ0) is 15.7. The minimum Gasteiger partial charge on any atom is -0.480 e. The second-order valence-corrected chi connectivity index (χ2v) is 5.05. The topological polar surface area (TPSA) is 86.7 Å². The van der Waals surface area contributed by atoms with Crippen molar-refractivity contribution < 1.29 is 19.5 Å². The molecule has 0 aliphatic carbocycles. The monoisotopic (exact) mass is 286 g/mol. The van der Waals surface area contributed by atoms with Crippen molar-refractivity contribution in [2.75, 3.05) is 13.1 Å². The summed E-state index contributed by atoms with van der Waals surface area (Å²) < 4.78 is 0. The van der Waals surface area contributed by atoms with Crippen LogP contribution in [0.15, 0.2) is 0 Å². The largest absolute Gasteiger partial charge is 0.480 e. The normalized spacial score (nSPS) is 12.1. The Bertz CT molecular complexity index is 338. The van der Waals surface area contributed by atoms with Gasteiger partial charge in [-0.25, -0.2) is 4.79 Å². The molecular formula is C14H26N2O4. The summed E-state index contributed by atoms with van der Waals surface area (Å²) in [5.41, 5.74) is 0. The van der Waals surface area contributed by atoms with Crippen LogP contribution in [-0.4, -0.2) is 46.9 Å². The highest BCUT2D eigenvalue weighted by Gasteiger charge is 2.23. The fourth-order valence-corrected chi connectivity index (χ4v) is 1.89. The van der Waals surface area contributed by atoms with E-state index in [1.807, 2.05) is 13.8 Å². The minimum atomic E-state index is -1.03. The highest BCUT2D eigenvalue weighted by atomic mass is 16.4. The molecule has 2 amide bonds. The lowest BCUT2D eigenvalue weighted by Crippen LogP contribution is -2.44. The van der Waals surface area contributed by atoms with Gasteiger partial charge in [-0.15, -0.1) is 0 Å². The molecule has 6 nitrogen and oxygen atoms in total. The minimum absolute atomic E-state index is 0.0291. The molecule has 2 N–H and O–H groups in total. The summed E-state index contributed by atoms with van der Waals surface area (Å²) in [6.45, 7) is 8.63. The van der Waals surface area contributed by atoms with Gasteiger partial charge in [0.05, 0.1) is 0 Å². The number of aliphatic carboxylic acids is 1. The predicted molar refractivity (Wildman–Crippen MR) is 76.2 cm³/mol. The van der Waals surface area contributed by atoms with Gasteiger partial charge in [0.25, 0.3) is 0 Å². The van der Waals surface area contributed by atoms with Gasteiger partial charge in [-0.1, -0.05) is 13.8 Å². The van der Waals surface area contributed by atoms with Gasteiger partial charge >= 0.3 is 5.97 Å². The smallest absolute Gasteiger partial charge is 0.326 e. The molecule has 0 aromatic rings. The lowest BCUT2D eigenvalue weighted by Gasteiger charge is -2.19. The van der Waals surface area contributed by atoms with Crippen molar-refractivity contribution in [2.24, 2.45) is 5.92 Å². The SMILES string of the molecule is CCN(CC)C(=O)CCCC(=O)NC(C(=O)O)C(C)C. The second-order valence-electron chi connectivity index (χ2n) is 5.05. The molecule has 0 fully saturated rings. The molecule has 0 aromatic carbocycles. The number of carboxylic acid groups (broad SMARTS) is 1. The molecular weight excluding hydrogens is 260 g/mol. The van der Waals surface area contributed by atoms with Crippen molar-refractivity contribution in [2.45, 2.75) is 53.0 Å². The first-order valence-electron chi connectivity index (χ1n) is 7.13. The molecule has 0 saturated carbocycles. The molecule has 0 radical (unpaired) electrons. The molecule has 0 aliphatic rings. The van der Waals surface area contributed by atoms with Gasteiger partial charge in [0.2, 0.25) is 11.8 Å². The average Bonchev–Trinajstić information content (AvgIpc) is 2.36. The molecule has 0 saturated heterocycles. The first-order chi connectivity index (χ1) is 9.33. The van der Waals surface area contributed by atoms with E-state index in [1.165, 1.54) is 0 Å². The lowest BCUT2D eigenvalue weighted by molar-refractivity contribution is -0.143. The molecule has 0 heterocycles. The Balaban J connectivity index is 4.11. The molecule has 0 spiro atoms. The Hall–Kier alpha value is -1.59. The van der Waals surface area contributed by atoms with Crippen molar-refractivity contribution >= 4 is 17.8 Å². The van der Waals surface area contributed by atoms with Crippen LogP contribution in [0.4, 0.5) is 0 Å². The van der Waals surface area contributed by atoms with Gasteiger partial charge in [-0.2, -0.15) is 0 Å². The molecule has 0 bridgehead atoms. The van der Waals surface area contributed by atoms with Crippen molar-refractivity contribution in [3.63, 3.8) is 0 Å². The van der Waals surface area contributed by atoms with Crippen molar-refractivity contribution in [3.8, 4) is 0 Å². The number of hydrogen-bond acceptors (Lipinski definition) is 3. The zero-order valence-corrected chi connectivity index (χ0v) is 12.8. The van der Waals surface area contributed by atoms with Crippen LogP contribution in [0.1, 0.15) is 47.0 Å². The first-order valence-corrected chi connectivity index (χ1v) is 7.13. The number of amides is 2. The van der Waals surface area contributed by atoms with Crippen molar-refractivity contribution in [1.29, 1.82) is 0 Å². The third kappa shape index (κ3) is 6.54. The highest BCUT2D eigenvalue weighted by Crippen LogP contribution is 2.05. The summed E-state index contributed by atoms with van der Waals surface area (Å²) in [5.74, 6) is -1.50. The first kappa shape index (κ1) is 18.4. The number of carbonyl (C=O) groups is 3. The van der Waals surface area contributed by atoms with E-state index >= 15 is 0 Å². The zero-order valence-electron chi connectivity index (χ0n) is 12.8. The number of carboxylic acids is 1. The Labute approximate surface area is 120 Å². The van der Waals surface area contributed by atoms with E-state index < -0.39 is 12.0 Å². The standard InChI is InChI=1S/C14H26N2O4/c1-5-16(6-2)12(18)9-7-8-11(17)15-13(10(3)4)14(19)20/h10,13H,5-9H2,1-4H3,(H,15,17)(H,19,20). The third-order valence-electron chi connectivity index (χ3n) is 3.16. The molecule has 1 atom stereocenters. The number of nitrogens with one attached hydrogen (secondary N) is 1. The summed E-state index contributed by atoms with van der Waals surface area (Å²) in [6, 6.07) is -0.874. The summed E-state index contributed by atoms with van der Waals surface area (Å²) in [7, 11) is 0. The molecule has 6 heteroatoms. The maximum absolute atomic E-state index is 11.7. The lowest BCUT2D eigenvalue weighted by atomic mass is 10.0. The Morgan fingerprint density at radius 2 is 1.65 bits per heavy atom. The highest BCUT2D eigenvalue weighted by molar-refractivity contribution is 5.84. The van der Waals surface area contributed by atoms with Crippen molar-refractivity contribution in [1.82, 2.24) is 10.2 Å². The quantitative estimate of drug-likeness (QED) is 0.668. The Morgan fingerprint density at radius 1 is 1.10 bits per heavy atom. The van der Waals surface area contributed by atoms with Gasteiger partial charge in [0.1, 0.15) is 6.04 Å². The maximum Gasteiger partial charge on any atom is 0.326 e. The summed E-state index contributed by atoms with van der Waals surface area (Å²) in [4.78, 5) is 36.0. The third-order valence-corrected chi connectivity index (χ3v) is 3.16. The fourth-order valence-electron chi connectivity index (χ4n) is 1.89. The molecule has 0 rings (SSSR count). The number of nitrogens with zero attached hydrogens (tertiary/aromatic N) is 1. The molecule has 20 heavy (non-hydrogen) atoms. The van der Waals surface area contributed by atoms with E-state index in [-0.39, 0.29) is 24.2 Å². The van der Waals surface area contributed by atoms with E-state index in [0.717, 1.165) is 0 Å². The van der Waals surface area contributed by atoms with E-state index in [9.17, 15) is 14.4 Å². The van der Waals surface area contributed by atoms with Crippen LogP contribution in [0.25, 0.3) is 0 Å².